The normalized spacial score (nSPS) is 10.6. The minimum absolute atomic E-state index is 0. The number of benzene rings is 3. The molecule has 0 amide bonds. The van der Waals surface area contributed by atoms with Gasteiger partial charge in [0.15, 0.2) is 0 Å². The van der Waals surface area contributed by atoms with Crippen molar-refractivity contribution in [2.75, 3.05) is 0 Å². The maximum absolute atomic E-state index is 12.0. The third kappa shape index (κ3) is 3.83. The van der Waals surface area contributed by atoms with Crippen molar-refractivity contribution in [2.24, 2.45) is 10.2 Å². The summed E-state index contributed by atoms with van der Waals surface area (Å²) in [5, 5.41) is 30.6. The van der Waals surface area contributed by atoms with Gasteiger partial charge in [0.05, 0.1) is 11.3 Å². The average Bonchev–Trinajstić information content (AvgIpc) is 2.54. The Kier molecular flexibility index (Phi) is 5.98. The molecule has 3 rings (SSSR count). The van der Waals surface area contributed by atoms with E-state index >= 15 is 0 Å². The zero-order valence-electron chi connectivity index (χ0n) is 12.1. The van der Waals surface area contributed by atoms with E-state index in [9.17, 15) is 9.90 Å². The minimum Gasteiger partial charge on any atom is -0.871 e. The van der Waals surface area contributed by atoms with Crippen LogP contribution in [0.25, 0.3) is 10.8 Å². The first-order chi connectivity index (χ1) is 10.7. The fraction of sp³-hybridized carbons (Fsp3) is 0. The van der Waals surface area contributed by atoms with Gasteiger partial charge in [0.25, 0.3) is 0 Å². The van der Waals surface area contributed by atoms with Gasteiger partial charge in [-0.2, -0.15) is 5.11 Å². The van der Waals surface area contributed by atoms with Gasteiger partial charge in [0.1, 0.15) is 5.69 Å². The molecule has 23 heavy (non-hydrogen) atoms. The largest absolute Gasteiger partial charge is 2.00 e. The summed E-state index contributed by atoms with van der Waals surface area (Å²) in [6.45, 7) is 0. The molecule has 3 aromatic carbocycles. The Balaban J connectivity index is 0.00000192. The van der Waals surface area contributed by atoms with Crippen molar-refractivity contribution in [1.82, 2.24) is 0 Å². The summed E-state index contributed by atoms with van der Waals surface area (Å²) in [4.78, 5) is 11.1. The first-order valence-corrected chi connectivity index (χ1v) is 6.59. The molecule has 0 atom stereocenters. The van der Waals surface area contributed by atoms with E-state index in [2.05, 4.69) is 10.2 Å². The van der Waals surface area contributed by atoms with Crippen LogP contribution in [0.5, 0.6) is 5.75 Å². The smallest absolute Gasteiger partial charge is 0.871 e. The predicted molar refractivity (Wildman–Crippen MR) is 86.7 cm³/mol. The third-order valence-electron chi connectivity index (χ3n) is 3.26. The summed E-state index contributed by atoms with van der Waals surface area (Å²) in [6, 6.07) is 16.8. The van der Waals surface area contributed by atoms with Gasteiger partial charge in [0, 0.05) is 5.39 Å². The number of aromatic carboxylic acids is 1. The molecule has 0 aliphatic heterocycles. The van der Waals surface area contributed by atoms with Gasteiger partial charge in [-0.05, 0) is 17.5 Å². The van der Waals surface area contributed by atoms with Crippen molar-refractivity contribution < 1.29 is 15.0 Å². The molecule has 0 spiro atoms. The molecule has 0 saturated carbocycles. The first-order valence-electron chi connectivity index (χ1n) is 6.59. The second-order valence-corrected chi connectivity index (χ2v) is 4.66. The van der Waals surface area contributed by atoms with E-state index in [0.717, 1.165) is 5.39 Å². The summed E-state index contributed by atoms with van der Waals surface area (Å²) in [5.41, 5.74) is 0.458. The molecule has 108 valence electrons. The van der Waals surface area contributed by atoms with Crippen LogP contribution in [0.15, 0.2) is 70.9 Å². The second kappa shape index (κ2) is 7.76. The fourth-order valence-corrected chi connectivity index (χ4v) is 2.18. The van der Waals surface area contributed by atoms with Crippen molar-refractivity contribution >= 4 is 77.0 Å². The van der Waals surface area contributed by atoms with Crippen molar-refractivity contribution in [3.8, 4) is 5.75 Å². The van der Waals surface area contributed by atoms with Gasteiger partial charge in [-0.1, -0.05) is 54.3 Å². The van der Waals surface area contributed by atoms with Crippen LogP contribution >= 0.6 is 0 Å². The number of hydrogen-bond acceptors (Lipinski definition) is 4. The summed E-state index contributed by atoms with van der Waals surface area (Å²) in [7, 11) is 0. The van der Waals surface area contributed by atoms with E-state index in [1.165, 1.54) is 12.1 Å². The van der Waals surface area contributed by atoms with Gasteiger partial charge in [-0.15, -0.1) is 5.11 Å². The average molecular weight is 429 g/mol. The van der Waals surface area contributed by atoms with E-state index < -0.39 is 5.97 Å². The van der Waals surface area contributed by atoms with E-state index in [0.29, 0.717) is 5.39 Å². The van der Waals surface area contributed by atoms with E-state index in [-0.39, 0.29) is 71.6 Å². The standard InChI is InChI=1S/C17H12N2O3.Ba/c20-15-10-9-11-5-1-2-6-12(11)16(15)19-18-14-8-4-3-7-13(14)17(21)22;/h1-10,20H,(H,21,22);/q;+2/p-1. The van der Waals surface area contributed by atoms with Crippen LogP contribution in [-0.4, -0.2) is 60.0 Å². The molecule has 0 aliphatic rings. The molecule has 6 heteroatoms. The van der Waals surface area contributed by atoms with Gasteiger partial charge < -0.3 is 10.2 Å². The summed E-state index contributed by atoms with van der Waals surface area (Å²) >= 11 is 0. The maximum Gasteiger partial charge on any atom is 2.00 e. The van der Waals surface area contributed by atoms with Crippen LogP contribution in [0.1, 0.15) is 10.4 Å². The van der Waals surface area contributed by atoms with Gasteiger partial charge >= 0.3 is 54.9 Å². The molecule has 0 saturated heterocycles. The number of hydrogen-bond donors (Lipinski definition) is 1. The van der Waals surface area contributed by atoms with E-state index in [4.69, 9.17) is 5.11 Å². The Labute approximate surface area is 172 Å². The SMILES string of the molecule is O=C(O)c1ccccc1N=Nc1c([O-])ccc2ccccc12.[Ba+2]. The minimum atomic E-state index is -1.09. The summed E-state index contributed by atoms with van der Waals surface area (Å²) in [5.74, 6) is -1.34. The van der Waals surface area contributed by atoms with Gasteiger partial charge in [0.2, 0.25) is 0 Å². The Morgan fingerprint density at radius 3 is 2.39 bits per heavy atom. The Morgan fingerprint density at radius 1 is 0.913 bits per heavy atom. The molecule has 3 aromatic rings. The molecule has 0 aromatic heterocycles. The van der Waals surface area contributed by atoms with Crippen molar-refractivity contribution in [2.45, 2.75) is 0 Å². The molecule has 0 heterocycles. The van der Waals surface area contributed by atoms with Crippen molar-refractivity contribution in [3.63, 3.8) is 0 Å². The quantitative estimate of drug-likeness (QED) is 0.510. The number of azo groups is 1. The van der Waals surface area contributed by atoms with Crippen molar-refractivity contribution in [1.29, 1.82) is 0 Å². The third-order valence-corrected chi connectivity index (χ3v) is 3.26. The Hall–Kier alpha value is -1.64. The number of carboxylic acid groups (broad SMARTS) is 1. The number of carboxylic acids is 1. The van der Waals surface area contributed by atoms with E-state index in [1.807, 2.05) is 18.2 Å². The molecule has 0 radical (unpaired) electrons. The monoisotopic (exact) mass is 429 g/mol. The van der Waals surface area contributed by atoms with Gasteiger partial charge in [-0.25, -0.2) is 4.79 Å². The topological polar surface area (TPSA) is 85.1 Å². The summed E-state index contributed by atoms with van der Waals surface area (Å²) < 4.78 is 0. The number of carbonyl (C=O) groups is 1. The molecule has 0 bridgehead atoms. The molecule has 0 aliphatic carbocycles. The van der Waals surface area contributed by atoms with Gasteiger partial charge in [-0.3, -0.25) is 0 Å². The first kappa shape index (κ1) is 17.7. The molecule has 5 nitrogen and oxygen atoms in total. The fourth-order valence-electron chi connectivity index (χ4n) is 2.18. The molecular formula is C17H11BaN2O3+. The number of nitrogens with zero attached hydrogens (tertiary/aromatic N) is 2. The molecule has 0 unspecified atom stereocenters. The van der Waals surface area contributed by atoms with Crippen LogP contribution in [0.4, 0.5) is 11.4 Å². The van der Waals surface area contributed by atoms with Crippen LogP contribution in [0.3, 0.4) is 0 Å². The zero-order chi connectivity index (χ0) is 15.5. The van der Waals surface area contributed by atoms with Crippen LogP contribution in [-0.2, 0) is 0 Å². The van der Waals surface area contributed by atoms with Crippen LogP contribution in [0, 0.1) is 0 Å². The predicted octanol–water partition coefficient (Wildman–Crippen LogP) is 3.65. The summed E-state index contributed by atoms with van der Waals surface area (Å²) in [6.07, 6.45) is 0. The maximum atomic E-state index is 12.0. The van der Waals surface area contributed by atoms with E-state index in [1.54, 1.807) is 30.3 Å². The number of rotatable bonds is 3. The molecule has 1 N–H and O–H groups in total. The van der Waals surface area contributed by atoms with Crippen LogP contribution < -0.4 is 5.11 Å². The molecule has 0 fully saturated rings. The Bertz CT molecular complexity index is 894. The second-order valence-electron chi connectivity index (χ2n) is 4.66. The Morgan fingerprint density at radius 2 is 1.61 bits per heavy atom. The number of fused-ring (bicyclic) bond motifs is 1. The zero-order valence-corrected chi connectivity index (χ0v) is 16.6. The van der Waals surface area contributed by atoms with Crippen molar-refractivity contribution in [3.05, 3.63) is 66.2 Å². The van der Waals surface area contributed by atoms with Crippen LogP contribution in [0.2, 0.25) is 0 Å². The molecular weight excluding hydrogens is 418 g/mol.